The number of hydrogen-bond donors (Lipinski definition) is 1. The monoisotopic (exact) mass is 217 g/mol. The van der Waals surface area contributed by atoms with Gasteiger partial charge in [0.15, 0.2) is 0 Å². The zero-order valence-corrected chi connectivity index (χ0v) is 9.53. The normalized spacial score (nSPS) is 10.9. The predicted octanol–water partition coefficient (Wildman–Crippen LogP) is 0.924. The Balaban J connectivity index is 2.57. The van der Waals surface area contributed by atoms with Gasteiger partial charge >= 0.3 is 0 Å². The lowest BCUT2D eigenvalue weighted by molar-refractivity contribution is 0.621. The molecule has 2 aromatic rings. The van der Waals surface area contributed by atoms with Gasteiger partial charge in [0, 0.05) is 13.1 Å². The fourth-order valence-corrected chi connectivity index (χ4v) is 1.73. The smallest absolute Gasteiger partial charge is 0.261 e. The minimum atomic E-state index is 0.0314. The number of nitrogens with zero attached hydrogens (tertiary/aromatic N) is 2. The summed E-state index contributed by atoms with van der Waals surface area (Å²) in [5.74, 6) is 0. The minimum Gasteiger partial charge on any atom is -0.318 e. The highest BCUT2D eigenvalue weighted by molar-refractivity contribution is 5.80. The number of fused-ring (bicyclic) bond motifs is 1. The van der Waals surface area contributed by atoms with Gasteiger partial charge in [-0.1, -0.05) is 12.1 Å². The number of benzene rings is 1. The maximum atomic E-state index is 12.1. The Labute approximate surface area is 93.9 Å². The van der Waals surface area contributed by atoms with Gasteiger partial charge in [0.1, 0.15) is 0 Å². The van der Waals surface area contributed by atoms with Gasteiger partial charge in [-0.25, -0.2) is 4.98 Å². The summed E-state index contributed by atoms with van der Waals surface area (Å²) in [5.41, 5.74) is 1.87. The van der Waals surface area contributed by atoms with Crippen molar-refractivity contribution >= 4 is 10.9 Å². The second-order valence-electron chi connectivity index (χ2n) is 3.82. The number of rotatable bonds is 3. The van der Waals surface area contributed by atoms with Crippen molar-refractivity contribution in [3.05, 3.63) is 40.4 Å². The molecular formula is C12H15N3O. The lowest BCUT2D eigenvalue weighted by atomic mass is 10.1. The molecule has 0 aliphatic rings. The third kappa shape index (κ3) is 1.84. The van der Waals surface area contributed by atoms with E-state index in [0.717, 1.165) is 17.6 Å². The fraction of sp³-hybridized carbons (Fsp3) is 0.333. The molecule has 84 valence electrons. The summed E-state index contributed by atoms with van der Waals surface area (Å²) in [7, 11) is 1.86. The summed E-state index contributed by atoms with van der Waals surface area (Å²) < 4.78 is 1.64. The van der Waals surface area contributed by atoms with Gasteiger partial charge in [0.2, 0.25) is 0 Å². The maximum Gasteiger partial charge on any atom is 0.261 e. The first kappa shape index (κ1) is 10.8. The summed E-state index contributed by atoms with van der Waals surface area (Å²) in [4.78, 5) is 16.4. The molecule has 1 aromatic heterocycles. The Hall–Kier alpha value is -1.68. The number of hydrogen-bond acceptors (Lipinski definition) is 3. The van der Waals surface area contributed by atoms with Crippen LogP contribution in [0.1, 0.15) is 5.56 Å². The van der Waals surface area contributed by atoms with Crippen LogP contribution in [0.5, 0.6) is 0 Å². The van der Waals surface area contributed by atoms with Crippen molar-refractivity contribution in [1.82, 2.24) is 14.9 Å². The van der Waals surface area contributed by atoms with Gasteiger partial charge in [-0.05, 0) is 25.6 Å². The van der Waals surface area contributed by atoms with Gasteiger partial charge in [-0.15, -0.1) is 0 Å². The fourth-order valence-electron chi connectivity index (χ4n) is 1.73. The maximum absolute atomic E-state index is 12.1. The second kappa shape index (κ2) is 4.45. The van der Waals surface area contributed by atoms with Crippen LogP contribution in [0.15, 0.2) is 29.3 Å². The quantitative estimate of drug-likeness (QED) is 0.831. The Bertz CT molecular complexity index is 560. The zero-order valence-electron chi connectivity index (χ0n) is 9.53. The number of para-hydroxylation sites is 1. The molecular weight excluding hydrogens is 202 g/mol. The van der Waals surface area contributed by atoms with Crippen LogP contribution in [0, 0.1) is 6.92 Å². The van der Waals surface area contributed by atoms with Gasteiger partial charge in [-0.2, -0.15) is 0 Å². The molecule has 0 saturated heterocycles. The Kier molecular flexibility index (Phi) is 3.01. The molecule has 0 amide bonds. The van der Waals surface area contributed by atoms with E-state index in [-0.39, 0.29) is 5.56 Å². The summed E-state index contributed by atoms with van der Waals surface area (Å²) >= 11 is 0. The van der Waals surface area contributed by atoms with Crippen LogP contribution >= 0.6 is 0 Å². The van der Waals surface area contributed by atoms with E-state index in [9.17, 15) is 4.79 Å². The van der Waals surface area contributed by atoms with E-state index in [4.69, 9.17) is 0 Å². The highest BCUT2D eigenvalue weighted by Gasteiger charge is 2.04. The van der Waals surface area contributed by atoms with Gasteiger partial charge < -0.3 is 5.32 Å². The summed E-state index contributed by atoms with van der Waals surface area (Å²) in [6, 6.07) is 5.68. The van der Waals surface area contributed by atoms with Crippen molar-refractivity contribution in [3.63, 3.8) is 0 Å². The largest absolute Gasteiger partial charge is 0.318 e. The molecule has 4 heteroatoms. The molecule has 0 radical (unpaired) electrons. The average Bonchev–Trinajstić information content (AvgIpc) is 2.29. The van der Waals surface area contributed by atoms with Crippen molar-refractivity contribution in [1.29, 1.82) is 0 Å². The van der Waals surface area contributed by atoms with Crippen molar-refractivity contribution in [2.75, 3.05) is 13.6 Å². The average molecular weight is 217 g/mol. The first-order chi connectivity index (χ1) is 7.74. The van der Waals surface area contributed by atoms with E-state index in [1.54, 1.807) is 10.9 Å². The predicted molar refractivity (Wildman–Crippen MR) is 64.7 cm³/mol. The molecule has 0 fully saturated rings. The highest BCUT2D eigenvalue weighted by Crippen LogP contribution is 2.10. The van der Waals surface area contributed by atoms with E-state index in [1.165, 1.54) is 0 Å². The molecule has 0 aliphatic carbocycles. The van der Waals surface area contributed by atoms with Crippen molar-refractivity contribution in [3.8, 4) is 0 Å². The number of aromatic nitrogens is 2. The van der Waals surface area contributed by atoms with E-state index in [0.29, 0.717) is 11.9 Å². The first-order valence-corrected chi connectivity index (χ1v) is 5.33. The SMILES string of the molecule is CNCCn1cnc2c(C)cccc2c1=O. The van der Waals surface area contributed by atoms with Gasteiger partial charge in [0.05, 0.1) is 17.2 Å². The standard InChI is InChI=1S/C12H15N3O/c1-9-4-3-5-10-11(9)14-8-15(12(10)16)7-6-13-2/h3-5,8,13H,6-7H2,1-2H3. The first-order valence-electron chi connectivity index (χ1n) is 5.33. The second-order valence-corrected chi connectivity index (χ2v) is 3.82. The molecule has 4 nitrogen and oxygen atoms in total. The van der Waals surface area contributed by atoms with Crippen LogP contribution in [0.25, 0.3) is 10.9 Å². The van der Waals surface area contributed by atoms with Crippen LogP contribution in [0.2, 0.25) is 0 Å². The lowest BCUT2D eigenvalue weighted by Crippen LogP contribution is -2.25. The molecule has 1 N–H and O–H groups in total. The van der Waals surface area contributed by atoms with Crippen molar-refractivity contribution in [2.45, 2.75) is 13.5 Å². The zero-order chi connectivity index (χ0) is 11.5. The van der Waals surface area contributed by atoms with Crippen LogP contribution in [0.3, 0.4) is 0 Å². The minimum absolute atomic E-state index is 0.0314. The third-order valence-corrected chi connectivity index (χ3v) is 2.66. The molecule has 0 aliphatic heterocycles. The van der Waals surface area contributed by atoms with E-state index < -0.39 is 0 Å². The summed E-state index contributed by atoms with van der Waals surface area (Å²) in [6.07, 6.45) is 1.62. The van der Waals surface area contributed by atoms with E-state index >= 15 is 0 Å². The van der Waals surface area contributed by atoms with Crippen LogP contribution in [-0.4, -0.2) is 23.1 Å². The number of aryl methyl sites for hydroxylation is 1. The highest BCUT2D eigenvalue weighted by atomic mass is 16.1. The number of nitrogens with one attached hydrogen (secondary N) is 1. The molecule has 0 bridgehead atoms. The lowest BCUT2D eigenvalue weighted by Gasteiger charge is -2.06. The molecule has 0 saturated carbocycles. The van der Waals surface area contributed by atoms with Gasteiger partial charge in [-0.3, -0.25) is 9.36 Å². The summed E-state index contributed by atoms with van der Waals surface area (Å²) in [6.45, 7) is 3.37. The molecule has 0 atom stereocenters. The van der Waals surface area contributed by atoms with Crippen LogP contribution in [-0.2, 0) is 6.54 Å². The van der Waals surface area contributed by atoms with Gasteiger partial charge in [0.25, 0.3) is 5.56 Å². The molecule has 2 rings (SSSR count). The van der Waals surface area contributed by atoms with Crippen LogP contribution < -0.4 is 10.9 Å². The van der Waals surface area contributed by atoms with Crippen molar-refractivity contribution < 1.29 is 0 Å². The van der Waals surface area contributed by atoms with E-state index in [1.807, 2.05) is 32.2 Å². The Morgan fingerprint density at radius 1 is 1.44 bits per heavy atom. The molecule has 1 heterocycles. The molecule has 0 spiro atoms. The topological polar surface area (TPSA) is 46.9 Å². The van der Waals surface area contributed by atoms with Crippen molar-refractivity contribution in [2.24, 2.45) is 0 Å². The molecule has 0 unspecified atom stereocenters. The summed E-state index contributed by atoms with van der Waals surface area (Å²) in [5, 5.41) is 3.71. The molecule has 1 aromatic carbocycles. The number of likely N-dealkylation sites (N-methyl/N-ethyl adjacent to an activating group) is 1. The molecule has 16 heavy (non-hydrogen) atoms. The Morgan fingerprint density at radius 3 is 3.00 bits per heavy atom. The Morgan fingerprint density at radius 2 is 2.25 bits per heavy atom. The third-order valence-electron chi connectivity index (χ3n) is 2.66. The van der Waals surface area contributed by atoms with E-state index in [2.05, 4.69) is 10.3 Å². The van der Waals surface area contributed by atoms with Crippen LogP contribution in [0.4, 0.5) is 0 Å².